The number of aromatic nitrogens is 1. The maximum absolute atomic E-state index is 9.45. The van der Waals surface area contributed by atoms with Crippen LogP contribution in [-0.4, -0.2) is 16.7 Å². The van der Waals surface area contributed by atoms with Crippen LogP contribution in [0.5, 0.6) is 0 Å². The lowest BCUT2D eigenvalue weighted by Gasteiger charge is -2.19. The van der Waals surface area contributed by atoms with Crippen molar-refractivity contribution < 1.29 is 5.11 Å². The van der Waals surface area contributed by atoms with E-state index in [4.69, 9.17) is 0 Å². The number of anilines is 1. The summed E-state index contributed by atoms with van der Waals surface area (Å²) in [6.07, 6.45) is 3.55. The molecule has 1 aromatic carbocycles. The van der Waals surface area contributed by atoms with Crippen LogP contribution >= 0.6 is 0 Å². The second-order valence-electron chi connectivity index (χ2n) is 3.98. The molecule has 0 bridgehead atoms. The number of benzene rings is 1. The van der Waals surface area contributed by atoms with E-state index < -0.39 is 0 Å². The predicted molar refractivity (Wildman–Crippen MR) is 68.9 cm³/mol. The van der Waals surface area contributed by atoms with E-state index in [1.165, 1.54) is 0 Å². The SMILES string of the molecule is Cc1cnccc1NC(CO)c1ccccc1. The highest BCUT2D eigenvalue weighted by molar-refractivity contribution is 5.50. The summed E-state index contributed by atoms with van der Waals surface area (Å²) in [6, 6.07) is 11.8. The van der Waals surface area contributed by atoms with Gasteiger partial charge in [0.15, 0.2) is 0 Å². The quantitative estimate of drug-likeness (QED) is 0.845. The average molecular weight is 228 g/mol. The lowest BCUT2D eigenvalue weighted by Crippen LogP contribution is -2.15. The highest BCUT2D eigenvalue weighted by Crippen LogP contribution is 2.20. The molecule has 0 spiro atoms. The summed E-state index contributed by atoms with van der Waals surface area (Å²) in [5.74, 6) is 0. The maximum atomic E-state index is 9.45. The van der Waals surface area contributed by atoms with Crippen LogP contribution in [0.25, 0.3) is 0 Å². The molecule has 1 heterocycles. The fourth-order valence-electron chi connectivity index (χ4n) is 1.74. The lowest BCUT2D eigenvalue weighted by molar-refractivity contribution is 0.276. The zero-order chi connectivity index (χ0) is 12.1. The number of hydrogen-bond acceptors (Lipinski definition) is 3. The molecule has 2 aromatic rings. The highest BCUT2D eigenvalue weighted by atomic mass is 16.3. The Hall–Kier alpha value is -1.87. The Balaban J connectivity index is 2.19. The smallest absolute Gasteiger partial charge is 0.0745 e. The Morgan fingerprint density at radius 1 is 1.24 bits per heavy atom. The summed E-state index contributed by atoms with van der Waals surface area (Å²) >= 11 is 0. The van der Waals surface area contributed by atoms with Crippen LogP contribution in [0.2, 0.25) is 0 Å². The Morgan fingerprint density at radius 3 is 2.65 bits per heavy atom. The first-order chi connectivity index (χ1) is 8.31. The van der Waals surface area contributed by atoms with E-state index in [1.807, 2.05) is 49.5 Å². The van der Waals surface area contributed by atoms with Gasteiger partial charge in [0.25, 0.3) is 0 Å². The summed E-state index contributed by atoms with van der Waals surface area (Å²) in [5, 5.41) is 12.8. The van der Waals surface area contributed by atoms with Crippen LogP contribution in [0.1, 0.15) is 17.2 Å². The normalized spacial score (nSPS) is 12.1. The maximum Gasteiger partial charge on any atom is 0.0745 e. The largest absolute Gasteiger partial charge is 0.394 e. The third kappa shape index (κ3) is 2.82. The topological polar surface area (TPSA) is 45.2 Å². The Kier molecular flexibility index (Phi) is 3.73. The van der Waals surface area contributed by atoms with Gasteiger partial charge in [0.1, 0.15) is 0 Å². The van der Waals surface area contributed by atoms with Gasteiger partial charge in [-0.2, -0.15) is 0 Å². The third-order valence-electron chi connectivity index (χ3n) is 2.73. The van der Waals surface area contributed by atoms with Crippen molar-refractivity contribution in [1.82, 2.24) is 4.98 Å². The Labute approximate surface area is 101 Å². The van der Waals surface area contributed by atoms with Crippen LogP contribution < -0.4 is 5.32 Å². The second-order valence-corrected chi connectivity index (χ2v) is 3.98. The van der Waals surface area contributed by atoms with E-state index in [0.717, 1.165) is 16.8 Å². The van der Waals surface area contributed by atoms with Crippen LogP contribution in [0.3, 0.4) is 0 Å². The molecule has 0 aliphatic carbocycles. The number of aliphatic hydroxyl groups is 1. The molecule has 1 aromatic heterocycles. The number of rotatable bonds is 4. The van der Waals surface area contributed by atoms with Crippen molar-refractivity contribution in [3.63, 3.8) is 0 Å². The zero-order valence-electron chi connectivity index (χ0n) is 9.80. The second kappa shape index (κ2) is 5.46. The zero-order valence-corrected chi connectivity index (χ0v) is 9.80. The minimum Gasteiger partial charge on any atom is -0.394 e. The number of nitrogens with zero attached hydrogens (tertiary/aromatic N) is 1. The van der Waals surface area contributed by atoms with Gasteiger partial charge in [-0.1, -0.05) is 30.3 Å². The van der Waals surface area contributed by atoms with Gasteiger partial charge in [-0.25, -0.2) is 0 Å². The van der Waals surface area contributed by atoms with Crippen molar-refractivity contribution in [3.8, 4) is 0 Å². The number of nitrogens with one attached hydrogen (secondary N) is 1. The van der Waals surface area contributed by atoms with Gasteiger partial charge >= 0.3 is 0 Å². The fourth-order valence-corrected chi connectivity index (χ4v) is 1.74. The summed E-state index contributed by atoms with van der Waals surface area (Å²) in [6.45, 7) is 2.06. The number of aliphatic hydroxyl groups excluding tert-OH is 1. The number of hydrogen-bond donors (Lipinski definition) is 2. The molecule has 0 saturated carbocycles. The minimum absolute atomic E-state index is 0.0613. The Morgan fingerprint density at radius 2 is 2.00 bits per heavy atom. The molecule has 0 aliphatic heterocycles. The van der Waals surface area contributed by atoms with Gasteiger partial charge in [-0.05, 0) is 24.1 Å². The van der Waals surface area contributed by atoms with Crippen molar-refractivity contribution in [2.45, 2.75) is 13.0 Å². The van der Waals surface area contributed by atoms with E-state index in [1.54, 1.807) is 6.20 Å². The minimum atomic E-state index is -0.0858. The summed E-state index contributed by atoms with van der Waals surface area (Å²) in [5.41, 5.74) is 3.15. The van der Waals surface area contributed by atoms with Crippen LogP contribution in [-0.2, 0) is 0 Å². The number of aryl methyl sites for hydroxylation is 1. The first-order valence-corrected chi connectivity index (χ1v) is 5.64. The summed E-state index contributed by atoms with van der Waals surface area (Å²) in [4.78, 5) is 4.05. The van der Waals surface area contributed by atoms with E-state index >= 15 is 0 Å². The molecule has 1 unspecified atom stereocenters. The molecule has 3 heteroatoms. The molecule has 0 radical (unpaired) electrons. The molecule has 2 N–H and O–H groups in total. The molecular formula is C14H16N2O. The van der Waals surface area contributed by atoms with E-state index in [-0.39, 0.29) is 12.6 Å². The molecule has 0 amide bonds. The van der Waals surface area contributed by atoms with E-state index in [9.17, 15) is 5.11 Å². The Bertz CT molecular complexity index is 471. The standard InChI is InChI=1S/C14H16N2O/c1-11-9-15-8-7-13(11)16-14(10-17)12-5-3-2-4-6-12/h2-9,14,17H,10H2,1H3,(H,15,16). The molecule has 88 valence electrons. The van der Waals surface area contributed by atoms with Gasteiger partial charge in [0.2, 0.25) is 0 Å². The molecule has 2 rings (SSSR count). The van der Waals surface area contributed by atoms with Gasteiger partial charge in [-0.3, -0.25) is 4.98 Å². The summed E-state index contributed by atoms with van der Waals surface area (Å²) < 4.78 is 0. The lowest BCUT2D eigenvalue weighted by atomic mass is 10.1. The predicted octanol–water partition coefficient (Wildman–Crippen LogP) is 2.54. The highest BCUT2D eigenvalue weighted by Gasteiger charge is 2.10. The van der Waals surface area contributed by atoms with E-state index in [2.05, 4.69) is 10.3 Å². The molecule has 17 heavy (non-hydrogen) atoms. The molecule has 1 atom stereocenters. The van der Waals surface area contributed by atoms with Crippen molar-refractivity contribution in [2.24, 2.45) is 0 Å². The average Bonchev–Trinajstić information content (AvgIpc) is 2.39. The van der Waals surface area contributed by atoms with Crippen molar-refractivity contribution in [2.75, 3.05) is 11.9 Å². The molecular weight excluding hydrogens is 212 g/mol. The molecule has 0 aliphatic rings. The number of pyridine rings is 1. The van der Waals surface area contributed by atoms with Crippen molar-refractivity contribution in [3.05, 3.63) is 59.9 Å². The van der Waals surface area contributed by atoms with Crippen LogP contribution in [0.4, 0.5) is 5.69 Å². The third-order valence-corrected chi connectivity index (χ3v) is 2.73. The van der Waals surface area contributed by atoms with Crippen molar-refractivity contribution >= 4 is 5.69 Å². The molecule has 0 fully saturated rings. The van der Waals surface area contributed by atoms with Gasteiger partial charge in [-0.15, -0.1) is 0 Å². The van der Waals surface area contributed by atoms with E-state index in [0.29, 0.717) is 0 Å². The summed E-state index contributed by atoms with van der Waals surface area (Å²) in [7, 11) is 0. The molecule has 3 nitrogen and oxygen atoms in total. The van der Waals surface area contributed by atoms with Gasteiger partial charge in [0.05, 0.1) is 12.6 Å². The van der Waals surface area contributed by atoms with Crippen LogP contribution in [0, 0.1) is 6.92 Å². The van der Waals surface area contributed by atoms with Gasteiger partial charge in [0, 0.05) is 18.1 Å². The van der Waals surface area contributed by atoms with Crippen LogP contribution in [0.15, 0.2) is 48.8 Å². The molecule has 0 saturated heterocycles. The van der Waals surface area contributed by atoms with Gasteiger partial charge < -0.3 is 10.4 Å². The fraction of sp³-hybridized carbons (Fsp3) is 0.214. The van der Waals surface area contributed by atoms with Crippen molar-refractivity contribution in [1.29, 1.82) is 0 Å². The monoisotopic (exact) mass is 228 g/mol. The first kappa shape index (κ1) is 11.6. The first-order valence-electron chi connectivity index (χ1n) is 5.64.